The first-order valence-electron chi connectivity index (χ1n) is 4.51. The van der Waals surface area contributed by atoms with Crippen LogP contribution in [0.25, 0.3) is 0 Å². The van der Waals surface area contributed by atoms with Gasteiger partial charge in [-0.2, -0.15) is 5.10 Å². The van der Waals surface area contributed by atoms with Gasteiger partial charge in [-0.25, -0.2) is 0 Å². The Labute approximate surface area is 76.7 Å². The molecule has 1 aliphatic heterocycles. The molecule has 1 aromatic rings. The molecule has 0 spiro atoms. The molecule has 0 aliphatic carbocycles. The Morgan fingerprint density at radius 2 is 2.23 bits per heavy atom. The summed E-state index contributed by atoms with van der Waals surface area (Å²) in [6.45, 7) is 4.76. The van der Waals surface area contributed by atoms with Gasteiger partial charge in [0, 0.05) is 5.56 Å². The normalized spacial score (nSPS) is 15.8. The molecule has 0 radical (unpaired) electrons. The molecule has 0 unspecified atom stereocenters. The van der Waals surface area contributed by atoms with E-state index < -0.39 is 0 Å². The maximum Gasteiger partial charge on any atom is 0.224 e. The number of fused-ring (bicyclic) bond motifs is 1. The van der Waals surface area contributed by atoms with Gasteiger partial charge in [0.15, 0.2) is 0 Å². The SMILES string of the molecule is CC(C)c1n[nH]c2c1CC(=O)NC2. The Morgan fingerprint density at radius 3 is 2.92 bits per heavy atom. The lowest BCUT2D eigenvalue weighted by atomic mass is 9.99. The van der Waals surface area contributed by atoms with Crippen molar-refractivity contribution in [3.63, 3.8) is 0 Å². The quantitative estimate of drug-likeness (QED) is 0.667. The monoisotopic (exact) mass is 179 g/mol. The van der Waals surface area contributed by atoms with E-state index in [0.29, 0.717) is 18.9 Å². The van der Waals surface area contributed by atoms with Crippen LogP contribution in [-0.2, 0) is 17.8 Å². The molecule has 1 amide bonds. The maximum atomic E-state index is 11.1. The number of rotatable bonds is 1. The van der Waals surface area contributed by atoms with Crippen LogP contribution >= 0.6 is 0 Å². The molecule has 1 aliphatic rings. The van der Waals surface area contributed by atoms with E-state index in [0.717, 1.165) is 17.0 Å². The highest BCUT2D eigenvalue weighted by molar-refractivity contribution is 5.80. The van der Waals surface area contributed by atoms with Gasteiger partial charge in [-0.15, -0.1) is 0 Å². The molecule has 2 N–H and O–H groups in total. The van der Waals surface area contributed by atoms with E-state index in [1.165, 1.54) is 0 Å². The number of hydrogen-bond donors (Lipinski definition) is 2. The third kappa shape index (κ3) is 1.32. The van der Waals surface area contributed by atoms with Gasteiger partial charge in [0.05, 0.1) is 24.4 Å². The zero-order valence-corrected chi connectivity index (χ0v) is 7.85. The Hall–Kier alpha value is -1.32. The van der Waals surface area contributed by atoms with Crippen LogP contribution in [-0.4, -0.2) is 16.1 Å². The minimum atomic E-state index is 0.0933. The summed E-state index contributed by atoms with van der Waals surface area (Å²) in [6, 6.07) is 0. The summed E-state index contributed by atoms with van der Waals surface area (Å²) in [7, 11) is 0. The topological polar surface area (TPSA) is 57.8 Å². The van der Waals surface area contributed by atoms with Gasteiger partial charge in [-0.1, -0.05) is 13.8 Å². The number of carbonyl (C=O) groups excluding carboxylic acids is 1. The van der Waals surface area contributed by atoms with Crippen molar-refractivity contribution >= 4 is 5.91 Å². The van der Waals surface area contributed by atoms with Gasteiger partial charge < -0.3 is 5.32 Å². The van der Waals surface area contributed by atoms with Gasteiger partial charge in [-0.3, -0.25) is 9.89 Å². The first kappa shape index (κ1) is 8.29. The summed E-state index contributed by atoms with van der Waals surface area (Å²) in [5.41, 5.74) is 3.19. The van der Waals surface area contributed by atoms with Crippen molar-refractivity contribution in [3.8, 4) is 0 Å². The average molecular weight is 179 g/mol. The fourth-order valence-corrected chi connectivity index (χ4v) is 1.65. The highest BCUT2D eigenvalue weighted by Gasteiger charge is 2.22. The second kappa shape index (κ2) is 2.87. The molecule has 0 fully saturated rings. The van der Waals surface area contributed by atoms with E-state index in [1.54, 1.807) is 0 Å². The van der Waals surface area contributed by atoms with E-state index in [4.69, 9.17) is 0 Å². The van der Waals surface area contributed by atoms with Crippen LogP contribution in [0.5, 0.6) is 0 Å². The molecule has 70 valence electrons. The molecular formula is C9H13N3O. The van der Waals surface area contributed by atoms with E-state index in [9.17, 15) is 4.79 Å². The standard InChI is InChI=1S/C9H13N3O/c1-5(2)9-6-3-8(13)10-4-7(6)11-12-9/h5H,3-4H2,1-2H3,(H,10,13)(H,11,12). The van der Waals surface area contributed by atoms with E-state index >= 15 is 0 Å². The summed E-state index contributed by atoms with van der Waals surface area (Å²) in [5, 5.41) is 9.96. The molecule has 1 aromatic heterocycles. The molecule has 13 heavy (non-hydrogen) atoms. The summed E-state index contributed by atoms with van der Waals surface area (Å²) in [4.78, 5) is 11.1. The predicted octanol–water partition coefficient (Wildman–Crippen LogP) is 0.705. The lowest BCUT2D eigenvalue weighted by Crippen LogP contribution is -2.30. The van der Waals surface area contributed by atoms with Crippen LogP contribution in [0.2, 0.25) is 0 Å². The van der Waals surface area contributed by atoms with Gasteiger partial charge in [-0.05, 0) is 5.92 Å². The van der Waals surface area contributed by atoms with Crippen molar-refractivity contribution in [2.75, 3.05) is 0 Å². The van der Waals surface area contributed by atoms with Gasteiger partial charge in [0.1, 0.15) is 0 Å². The number of aromatic nitrogens is 2. The average Bonchev–Trinajstić information content (AvgIpc) is 2.46. The van der Waals surface area contributed by atoms with Gasteiger partial charge in [0.2, 0.25) is 5.91 Å². The lowest BCUT2D eigenvalue weighted by Gasteiger charge is -2.13. The number of aromatic amines is 1. The van der Waals surface area contributed by atoms with Crippen molar-refractivity contribution < 1.29 is 4.79 Å². The minimum absolute atomic E-state index is 0.0933. The zero-order valence-electron chi connectivity index (χ0n) is 7.85. The predicted molar refractivity (Wildman–Crippen MR) is 48.2 cm³/mol. The van der Waals surface area contributed by atoms with Crippen LogP contribution < -0.4 is 5.32 Å². The fourth-order valence-electron chi connectivity index (χ4n) is 1.65. The van der Waals surface area contributed by atoms with Crippen molar-refractivity contribution in [1.29, 1.82) is 0 Å². The molecule has 0 saturated heterocycles. The van der Waals surface area contributed by atoms with E-state index in [2.05, 4.69) is 29.4 Å². The number of amides is 1. The molecule has 0 bridgehead atoms. The highest BCUT2D eigenvalue weighted by Crippen LogP contribution is 2.22. The van der Waals surface area contributed by atoms with Crippen LogP contribution in [0.1, 0.15) is 36.7 Å². The maximum absolute atomic E-state index is 11.1. The second-order valence-corrected chi connectivity index (χ2v) is 3.67. The molecule has 0 saturated carbocycles. The largest absolute Gasteiger partial charge is 0.350 e. The molecule has 0 aromatic carbocycles. The van der Waals surface area contributed by atoms with Crippen molar-refractivity contribution in [3.05, 3.63) is 17.0 Å². The summed E-state index contributed by atoms with van der Waals surface area (Å²) >= 11 is 0. The minimum Gasteiger partial charge on any atom is -0.350 e. The molecular weight excluding hydrogens is 166 g/mol. The van der Waals surface area contributed by atoms with Crippen LogP contribution in [0, 0.1) is 0 Å². The van der Waals surface area contributed by atoms with Crippen molar-refractivity contribution in [2.45, 2.75) is 32.7 Å². The van der Waals surface area contributed by atoms with E-state index in [1.807, 2.05) is 0 Å². The smallest absolute Gasteiger partial charge is 0.224 e. The Balaban J connectivity index is 2.41. The molecule has 0 atom stereocenters. The Bertz CT molecular complexity index is 341. The first-order chi connectivity index (χ1) is 6.18. The molecule has 4 nitrogen and oxygen atoms in total. The van der Waals surface area contributed by atoms with Gasteiger partial charge >= 0.3 is 0 Å². The third-order valence-corrected chi connectivity index (χ3v) is 2.33. The highest BCUT2D eigenvalue weighted by atomic mass is 16.1. The Morgan fingerprint density at radius 1 is 1.46 bits per heavy atom. The zero-order chi connectivity index (χ0) is 9.42. The number of hydrogen-bond acceptors (Lipinski definition) is 2. The summed E-state index contributed by atoms with van der Waals surface area (Å²) in [6.07, 6.45) is 0.472. The molecule has 2 rings (SSSR count). The van der Waals surface area contributed by atoms with Gasteiger partial charge in [0.25, 0.3) is 0 Å². The summed E-state index contributed by atoms with van der Waals surface area (Å²) < 4.78 is 0. The molecule has 4 heteroatoms. The number of carbonyl (C=O) groups is 1. The number of H-pyrrole nitrogens is 1. The van der Waals surface area contributed by atoms with Crippen LogP contribution in [0.4, 0.5) is 0 Å². The number of nitrogens with one attached hydrogen (secondary N) is 2. The van der Waals surface area contributed by atoms with Crippen LogP contribution in [0.3, 0.4) is 0 Å². The fraction of sp³-hybridized carbons (Fsp3) is 0.556. The summed E-state index contributed by atoms with van der Waals surface area (Å²) in [5.74, 6) is 0.474. The van der Waals surface area contributed by atoms with Crippen molar-refractivity contribution in [2.24, 2.45) is 0 Å². The molecule has 2 heterocycles. The third-order valence-electron chi connectivity index (χ3n) is 2.33. The second-order valence-electron chi connectivity index (χ2n) is 3.67. The first-order valence-corrected chi connectivity index (χ1v) is 4.51. The van der Waals surface area contributed by atoms with Crippen LogP contribution in [0.15, 0.2) is 0 Å². The van der Waals surface area contributed by atoms with E-state index in [-0.39, 0.29) is 5.91 Å². The lowest BCUT2D eigenvalue weighted by molar-refractivity contribution is -0.121. The number of nitrogens with zero attached hydrogens (tertiary/aromatic N) is 1. The van der Waals surface area contributed by atoms with Crippen molar-refractivity contribution in [1.82, 2.24) is 15.5 Å². The Kier molecular flexibility index (Phi) is 1.83.